The molecule has 0 saturated carbocycles. The minimum Gasteiger partial charge on any atom is -0.325 e. The van der Waals surface area contributed by atoms with E-state index in [4.69, 9.17) is 0 Å². The van der Waals surface area contributed by atoms with E-state index in [2.05, 4.69) is 26.6 Å². The molecular weight excluding hydrogens is 329 g/mol. The van der Waals surface area contributed by atoms with Crippen molar-refractivity contribution in [2.45, 2.75) is 18.4 Å². The molecule has 18 heavy (non-hydrogen) atoms. The van der Waals surface area contributed by atoms with Crippen molar-refractivity contribution >= 4 is 39.9 Å². The average molecular weight is 342 g/mol. The van der Waals surface area contributed by atoms with Crippen LogP contribution in [-0.2, 0) is 4.79 Å². The quantitative estimate of drug-likeness (QED) is 0.868. The van der Waals surface area contributed by atoms with Gasteiger partial charge < -0.3 is 5.32 Å². The number of alkyl halides is 2. The maximum absolute atomic E-state index is 12.9. The van der Waals surface area contributed by atoms with Crippen LogP contribution in [0.15, 0.2) is 28.7 Å². The first-order valence-corrected chi connectivity index (χ1v) is 5.93. The topological polar surface area (TPSA) is 41.1 Å². The monoisotopic (exact) mass is 340 g/mol. The third-order valence-corrected chi connectivity index (χ3v) is 3.07. The van der Waals surface area contributed by atoms with Gasteiger partial charge in [-0.2, -0.15) is 0 Å². The Morgan fingerprint density at radius 3 is 2.50 bits per heavy atom. The fourth-order valence-electron chi connectivity index (χ4n) is 1.66. The van der Waals surface area contributed by atoms with E-state index in [-0.39, 0.29) is 12.4 Å². The molecule has 1 aromatic rings. The Morgan fingerprint density at radius 2 is 2.00 bits per heavy atom. The van der Waals surface area contributed by atoms with Crippen molar-refractivity contribution in [2.24, 2.45) is 0 Å². The van der Waals surface area contributed by atoms with E-state index in [9.17, 15) is 13.6 Å². The lowest BCUT2D eigenvalue weighted by atomic mass is 10.2. The highest BCUT2D eigenvalue weighted by Gasteiger charge is 2.42. The number of hydrogen-bond acceptors (Lipinski definition) is 2. The molecule has 1 aliphatic heterocycles. The van der Waals surface area contributed by atoms with E-state index in [1.54, 1.807) is 24.3 Å². The van der Waals surface area contributed by atoms with E-state index in [1.165, 1.54) is 0 Å². The first-order valence-electron chi connectivity index (χ1n) is 5.14. The number of anilines is 1. The maximum Gasteiger partial charge on any atom is 0.262 e. The van der Waals surface area contributed by atoms with Crippen LogP contribution in [0.5, 0.6) is 0 Å². The third kappa shape index (κ3) is 3.90. The molecule has 3 nitrogen and oxygen atoms in total. The number of benzene rings is 1. The fraction of sp³-hybridized carbons (Fsp3) is 0.364. The molecule has 0 aliphatic carbocycles. The summed E-state index contributed by atoms with van der Waals surface area (Å²) in [7, 11) is 0. The van der Waals surface area contributed by atoms with Crippen LogP contribution in [0.4, 0.5) is 14.5 Å². The van der Waals surface area contributed by atoms with Crippen LogP contribution in [-0.4, -0.2) is 24.4 Å². The van der Waals surface area contributed by atoms with Crippen molar-refractivity contribution in [1.29, 1.82) is 0 Å². The van der Waals surface area contributed by atoms with Crippen molar-refractivity contribution in [3.63, 3.8) is 0 Å². The summed E-state index contributed by atoms with van der Waals surface area (Å²) >= 11 is 3.27. The van der Waals surface area contributed by atoms with E-state index >= 15 is 0 Å². The molecule has 1 heterocycles. The van der Waals surface area contributed by atoms with Crippen molar-refractivity contribution in [1.82, 2.24) is 5.32 Å². The number of nitrogens with one attached hydrogen (secondary N) is 2. The van der Waals surface area contributed by atoms with Crippen LogP contribution in [0.1, 0.15) is 6.42 Å². The molecule has 1 fully saturated rings. The first-order chi connectivity index (χ1) is 7.96. The molecule has 0 spiro atoms. The van der Waals surface area contributed by atoms with Crippen molar-refractivity contribution in [3.8, 4) is 0 Å². The number of halogens is 4. The SMILES string of the molecule is Cl.O=C(Nc1ccc(Br)cc1)C1CC(F)(F)CN1. The average Bonchev–Trinajstić information content (AvgIpc) is 2.62. The summed E-state index contributed by atoms with van der Waals surface area (Å²) in [5, 5.41) is 5.10. The zero-order valence-corrected chi connectivity index (χ0v) is 11.7. The molecule has 1 amide bonds. The van der Waals surface area contributed by atoms with Crippen LogP contribution in [0.2, 0.25) is 0 Å². The van der Waals surface area contributed by atoms with E-state index < -0.39 is 30.8 Å². The van der Waals surface area contributed by atoms with Gasteiger partial charge >= 0.3 is 0 Å². The van der Waals surface area contributed by atoms with Crippen LogP contribution in [0.3, 0.4) is 0 Å². The highest BCUT2D eigenvalue weighted by atomic mass is 79.9. The lowest BCUT2D eigenvalue weighted by Gasteiger charge is -2.11. The Bertz CT molecular complexity index is 428. The summed E-state index contributed by atoms with van der Waals surface area (Å²) in [5.41, 5.74) is 0.593. The number of hydrogen-bond donors (Lipinski definition) is 2. The van der Waals surface area contributed by atoms with Crippen molar-refractivity contribution < 1.29 is 13.6 Å². The van der Waals surface area contributed by atoms with Gasteiger partial charge in [-0.3, -0.25) is 10.1 Å². The minimum absolute atomic E-state index is 0. The Balaban J connectivity index is 0.00000162. The number of carbonyl (C=O) groups is 1. The number of rotatable bonds is 2. The van der Waals surface area contributed by atoms with Crippen LogP contribution >= 0.6 is 28.3 Å². The first kappa shape index (κ1) is 15.3. The van der Waals surface area contributed by atoms with Gasteiger partial charge in [0.1, 0.15) is 0 Å². The van der Waals surface area contributed by atoms with Crippen LogP contribution < -0.4 is 10.6 Å². The van der Waals surface area contributed by atoms with Gasteiger partial charge in [-0.25, -0.2) is 8.78 Å². The summed E-state index contributed by atoms with van der Waals surface area (Å²) in [6.45, 7) is -0.439. The summed E-state index contributed by atoms with van der Waals surface area (Å²) in [6.07, 6.45) is -0.449. The second kappa shape index (κ2) is 5.95. The van der Waals surface area contributed by atoms with E-state index in [0.717, 1.165) is 4.47 Å². The highest BCUT2D eigenvalue weighted by molar-refractivity contribution is 9.10. The second-order valence-electron chi connectivity index (χ2n) is 3.99. The molecule has 1 aromatic carbocycles. The molecule has 100 valence electrons. The van der Waals surface area contributed by atoms with Gasteiger partial charge in [0.15, 0.2) is 0 Å². The number of amides is 1. The summed E-state index contributed by atoms with van der Waals surface area (Å²) in [5.74, 6) is -3.22. The van der Waals surface area contributed by atoms with Gasteiger partial charge in [-0.15, -0.1) is 12.4 Å². The van der Waals surface area contributed by atoms with Gasteiger partial charge in [-0.1, -0.05) is 15.9 Å². The second-order valence-corrected chi connectivity index (χ2v) is 4.91. The molecule has 7 heteroatoms. The molecule has 0 radical (unpaired) electrons. The Hall–Kier alpha value is -0.720. The van der Waals surface area contributed by atoms with Crippen LogP contribution in [0.25, 0.3) is 0 Å². The Morgan fingerprint density at radius 1 is 1.39 bits per heavy atom. The van der Waals surface area contributed by atoms with Crippen LogP contribution in [0, 0.1) is 0 Å². The predicted molar refractivity (Wildman–Crippen MR) is 71.4 cm³/mol. The van der Waals surface area contributed by atoms with Gasteiger partial charge in [0, 0.05) is 16.6 Å². The summed E-state index contributed by atoms with van der Waals surface area (Å²) < 4.78 is 26.7. The maximum atomic E-state index is 12.9. The molecule has 0 aromatic heterocycles. The molecule has 1 atom stereocenters. The van der Waals surface area contributed by atoms with E-state index in [0.29, 0.717) is 5.69 Å². The zero-order valence-electron chi connectivity index (χ0n) is 9.25. The molecule has 2 N–H and O–H groups in total. The lowest BCUT2D eigenvalue weighted by molar-refractivity contribution is -0.118. The molecule has 1 saturated heterocycles. The fourth-order valence-corrected chi connectivity index (χ4v) is 1.93. The molecule has 1 unspecified atom stereocenters. The minimum atomic E-state index is -2.79. The van der Waals surface area contributed by atoms with Gasteiger partial charge in [0.2, 0.25) is 5.91 Å². The van der Waals surface area contributed by atoms with Gasteiger partial charge in [-0.05, 0) is 24.3 Å². The third-order valence-electron chi connectivity index (χ3n) is 2.54. The Labute approximate surface area is 118 Å². The standard InChI is InChI=1S/C11H11BrF2N2O.ClH/c12-7-1-3-8(4-2-7)16-10(17)9-5-11(13,14)6-15-9;/h1-4,9,15H,5-6H2,(H,16,17);1H. The van der Waals surface area contributed by atoms with Gasteiger partial charge in [0.25, 0.3) is 5.92 Å². The highest BCUT2D eigenvalue weighted by Crippen LogP contribution is 2.25. The van der Waals surface area contributed by atoms with E-state index in [1.807, 2.05) is 0 Å². The summed E-state index contributed by atoms with van der Waals surface area (Å²) in [4.78, 5) is 11.7. The largest absolute Gasteiger partial charge is 0.325 e. The predicted octanol–water partition coefficient (Wildman–Crippen LogP) is 2.81. The number of carbonyl (C=O) groups excluding carboxylic acids is 1. The molecule has 0 bridgehead atoms. The van der Waals surface area contributed by atoms with Gasteiger partial charge in [0.05, 0.1) is 12.6 Å². The summed E-state index contributed by atoms with van der Waals surface area (Å²) in [6, 6.07) is 6.12. The smallest absolute Gasteiger partial charge is 0.262 e. The van der Waals surface area contributed by atoms with Crippen molar-refractivity contribution in [2.75, 3.05) is 11.9 Å². The molecule has 2 rings (SSSR count). The molecule has 1 aliphatic rings. The lowest BCUT2D eigenvalue weighted by Crippen LogP contribution is -2.35. The zero-order chi connectivity index (χ0) is 12.5. The Kier molecular flexibility index (Phi) is 5.07. The molecular formula is C11H12BrClF2N2O. The van der Waals surface area contributed by atoms with Crippen molar-refractivity contribution in [3.05, 3.63) is 28.7 Å². The normalized spacial score (nSPS) is 21.2.